The monoisotopic (exact) mass is 304 g/mol. The van der Waals surface area contributed by atoms with Crippen molar-refractivity contribution in [3.63, 3.8) is 0 Å². The quantitative estimate of drug-likeness (QED) is 0.849. The largest absolute Gasteiger partial charge is 0.466 e. The summed E-state index contributed by atoms with van der Waals surface area (Å²) in [5.74, 6) is 0.196. The van der Waals surface area contributed by atoms with Gasteiger partial charge in [0.15, 0.2) is 0 Å². The molecule has 0 spiro atoms. The highest BCUT2D eigenvalue weighted by Crippen LogP contribution is 2.22. The van der Waals surface area contributed by atoms with E-state index in [1.807, 2.05) is 6.92 Å². The molecular weight excluding hydrogens is 276 g/mol. The Labute approximate surface area is 133 Å². The number of nitrogens with zero attached hydrogens (tertiary/aromatic N) is 1. The lowest BCUT2D eigenvalue weighted by Crippen LogP contribution is -2.47. The maximum absolute atomic E-state index is 11.7. The van der Waals surface area contributed by atoms with E-state index in [2.05, 4.69) is 36.9 Å². The Balaban J connectivity index is 1.98. The first-order valence-electron chi connectivity index (χ1n) is 8.17. The second-order valence-electron chi connectivity index (χ2n) is 6.49. The Bertz CT molecular complexity index is 516. The van der Waals surface area contributed by atoms with Crippen molar-refractivity contribution >= 4 is 5.97 Å². The minimum atomic E-state index is -0.103. The molecule has 0 radical (unpaired) electrons. The van der Waals surface area contributed by atoms with Crippen molar-refractivity contribution in [2.24, 2.45) is 11.7 Å². The maximum Gasteiger partial charge on any atom is 0.306 e. The Morgan fingerprint density at radius 1 is 1.36 bits per heavy atom. The minimum absolute atomic E-state index is 0.103. The van der Waals surface area contributed by atoms with Crippen LogP contribution in [0.25, 0.3) is 0 Å². The zero-order chi connectivity index (χ0) is 16.1. The SMILES string of the molecule is CCOC(=O)CC1CC(N)CN(Cc2cc(C)ccc2C)C1. The van der Waals surface area contributed by atoms with E-state index in [0.717, 1.165) is 26.1 Å². The normalized spacial score (nSPS) is 22.5. The summed E-state index contributed by atoms with van der Waals surface area (Å²) in [7, 11) is 0. The van der Waals surface area contributed by atoms with E-state index < -0.39 is 0 Å². The lowest BCUT2D eigenvalue weighted by atomic mass is 9.91. The molecule has 2 N–H and O–H groups in total. The molecule has 0 amide bonds. The van der Waals surface area contributed by atoms with Crippen LogP contribution in [0.1, 0.15) is 36.5 Å². The molecule has 1 aliphatic heterocycles. The van der Waals surface area contributed by atoms with E-state index in [9.17, 15) is 4.79 Å². The number of hydrogen-bond acceptors (Lipinski definition) is 4. The number of rotatable bonds is 5. The zero-order valence-corrected chi connectivity index (χ0v) is 14.0. The van der Waals surface area contributed by atoms with E-state index in [0.29, 0.717) is 18.9 Å². The smallest absolute Gasteiger partial charge is 0.306 e. The molecule has 0 aromatic heterocycles. The second kappa shape index (κ2) is 7.75. The molecule has 22 heavy (non-hydrogen) atoms. The lowest BCUT2D eigenvalue weighted by Gasteiger charge is -2.36. The van der Waals surface area contributed by atoms with E-state index in [4.69, 9.17) is 10.5 Å². The molecule has 4 heteroatoms. The van der Waals surface area contributed by atoms with Crippen molar-refractivity contribution in [1.82, 2.24) is 4.90 Å². The van der Waals surface area contributed by atoms with E-state index in [1.54, 1.807) is 0 Å². The van der Waals surface area contributed by atoms with Crippen molar-refractivity contribution in [1.29, 1.82) is 0 Å². The maximum atomic E-state index is 11.7. The van der Waals surface area contributed by atoms with Crippen molar-refractivity contribution in [3.8, 4) is 0 Å². The van der Waals surface area contributed by atoms with Crippen molar-refractivity contribution in [2.75, 3.05) is 19.7 Å². The number of nitrogens with two attached hydrogens (primary N) is 1. The number of ether oxygens (including phenoxy) is 1. The molecule has 2 rings (SSSR count). The number of piperidine rings is 1. The number of hydrogen-bond donors (Lipinski definition) is 1. The number of esters is 1. The van der Waals surface area contributed by atoms with Gasteiger partial charge in [-0.2, -0.15) is 0 Å². The molecule has 0 bridgehead atoms. The molecular formula is C18H28N2O2. The van der Waals surface area contributed by atoms with Gasteiger partial charge in [-0.15, -0.1) is 0 Å². The molecule has 2 atom stereocenters. The molecule has 1 aromatic rings. The molecule has 1 aliphatic rings. The summed E-state index contributed by atoms with van der Waals surface area (Å²) >= 11 is 0. The zero-order valence-electron chi connectivity index (χ0n) is 14.0. The first-order valence-corrected chi connectivity index (χ1v) is 8.17. The Morgan fingerprint density at radius 2 is 2.14 bits per heavy atom. The first kappa shape index (κ1) is 17.0. The van der Waals surface area contributed by atoms with Gasteiger partial charge >= 0.3 is 5.97 Å². The summed E-state index contributed by atoms with van der Waals surface area (Å²) in [5.41, 5.74) is 10.1. The molecule has 2 unspecified atom stereocenters. The van der Waals surface area contributed by atoms with Gasteiger partial charge in [0.25, 0.3) is 0 Å². The predicted molar refractivity (Wildman–Crippen MR) is 88.5 cm³/mol. The standard InChI is InChI=1S/C18H28N2O2/c1-4-22-18(21)9-15-8-17(19)12-20(10-15)11-16-7-13(2)5-6-14(16)3/h5-7,15,17H,4,8-12,19H2,1-3H3. The summed E-state index contributed by atoms with van der Waals surface area (Å²) in [5, 5.41) is 0. The second-order valence-corrected chi connectivity index (χ2v) is 6.49. The van der Waals surface area contributed by atoms with Crippen LogP contribution in [-0.4, -0.2) is 36.6 Å². The van der Waals surface area contributed by atoms with Crippen LogP contribution < -0.4 is 5.73 Å². The fraction of sp³-hybridized carbons (Fsp3) is 0.611. The van der Waals surface area contributed by atoms with Crippen molar-refractivity contribution in [2.45, 2.75) is 46.2 Å². The number of carbonyl (C=O) groups excluding carboxylic acids is 1. The van der Waals surface area contributed by atoms with Crippen LogP contribution in [0.5, 0.6) is 0 Å². The van der Waals surface area contributed by atoms with Gasteiger partial charge < -0.3 is 10.5 Å². The third-order valence-electron chi connectivity index (χ3n) is 4.30. The van der Waals surface area contributed by atoms with E-state index in [1.165, 1.54) is 16.7 Å². The fourth-order valence-electron chi connectivity index (χ4n) is 3.29. The fourth-order valence-corrected chi connectivity index (χ4v) is 3.29. The Morgan fingerprint density at radius 3 is 2.86 bits per heavy atom. The van der Waals surface area contributed by atoms with Crippen LogP contribution >= 0.6 is 0 Å². The van der Waals surface area contributed by atoms with E-state index >= 15 is 0 Å². The lowest BCUT2D eigenvalue weighted by molar-refractivity contribution is -0.144. The first-order chi connectivity index (χ1) is 10.5. The van der Waals surface area contributed by atoms with Gasteiger partial charge in [0.05, 0.1) is 6.61 Å². The average Bonchev–Trinajstić information content (AvgIpc) is 2.42. The molecule has 0 aliphatic carbocycles. The number of likely N-dealkylation sites (tertiary alicyclic amines) is 1. The Hall–Kier alpha value is -1.39. The van der Waals surface area contributed by atoms with Gasteiger partial charge in [0, 0.05) is 32.1 Å². The third kappa shape index (κ3) is 4.82. The Kier molecular flexibility index (Phi) is 5.98. The van der Waals surface area contributed by atoms with E-state index in [-0.39, 0.29) is 12.0 Å². The highest BCUT2D eigenvalue weighted by molar-refractivity contribution is 5.69. The van der Waals surface area contributed by atoms with Gasteiger partial charge in [0.1, 0.15) is 0 Å². The molecule has 0 saturated carbocycles. The third-order valence-corrected chi connectivity index (χ3v) is 4.30. The summed E-state index contributed by atoms with van der Waals surface area (Å²) in [6.45, 7) is 9.28. The van der Waals surface area contributed by atoms with Crippen LogP contribution in [0.4, 0.5) is 0 Å². The van der Waals surface area contributed by atoms with Gasteiger partial charge in [-0.25, -0.2) is 0 Å². The van der Waals surface area contributed by atoms with Crippen LogP contribution in [0.2, 0.25) is 0 Å². The number of aryl methyl sites for hydroxylation is 2. The predicted octanol–water partition coefficient (Wildman–Crippen LogP) is 2.41. The topological polar surface area (TPSA) is 55.6 Å². The summed E-state index contributed by atoms with van der Waals surface area (Å²) in [6.07, 6.45) is 1.38. The highest BCUT2D eigenvalue weighted by atomic mass is 16.5. The number of benzene rings is 1. The van der Waals surface area contributed by atoms with Crippen LogP contribution in [0.15, 0.2) is 18.2 Å². The average molecular weight is 304 g/mol. The molecule has 1 heterocycles. The van der Waals surface area contributed by atoms with Crippen LogP contribution in [0.3, 0.4) is 0 Å². The summed E-state index contributed by atoms with van der Waals surface area (Å²) in [6, 6.07) is 6.70. The van der Waals surface area contributed by atoms with Crippen LogP contribution in [0, 0.1) is 19.8 Å². The minimum Gasteiger partial charge on any atom is -0.466 e. The highest BCUT2D eigenvalue weighted by Gasteiger charge is 2.27. The molecule has 1 saturated heterocycles. The van der Waals surface area contributed by atoms with Gasteiger partial charge in [-0.3, -0.25) is 9.69 Å². The van der Waals surface area contributed by atoms with Gasteiger partial charge in [-0.1, -0.05) is 23.8 Å². The van der Waals surface area contributed by atoms with Crippen LogP contribution in [-0.2, 0) is 16.1 Å². The van der Waals surface area contributed by atoms with Gasteiger partial charge in [0.2, 0.25) is 0 Å². The summed E-state index contributed by atoms with van der Waals surface area (Å²) < 4.78 is 5.07. The van der Waals surface area contributed by atoms with Crippen molar-refractivity contribution < 1.29 is 9.53 Å². The molecule has 4 nitrogen and oxygen atoms in total. The molecule has 1 fully saturated rings. The molecule has 122 valence electrons. The van der Waals surface area contributed by atoms with Gasteiger partial charge in [-0.05, 0) is 44.2 Å². The summed E-state index contributed by atoms with van der Waals surface area (Å²) in [4.78, 5) is 14.1. The molecule has 1 aromatic carbocycles. The van der Waals surface area contributed by atoms with Crippen molar-refractivity contribution in [3.05, 3.63) is 34.9 Å². The number of carbonyl (C=O) groups is 1.